The molecule has 0 aliphatic rings. The van der Waals surface area contributed by atoms with Gasteiger partial charge in [0.15, 0.2) is 0 Å². The van der Waals surface area contributed by atoms with Gasteiger partial charge in [-0.05, 0) is 100 Å². The van der Waals surface area contributed by atoms with E-state index in [4.69, 9.17) is 4.42 Å². The Morgan fingerprint density at radius 2 is 0.855 bits per heavy atom. The second-order valence-corrected chi connectivity index (χ2v) is 14.5. The molecule has 256 valence electrons. The van der Waals surface area contributed by atoms with Gasteiger partial charge in [0.25, 0.3) is 0 Å². The number of hydrogen-bond donors (Lipinski definition) is 0. The number of nitrogens with zero attached hydrogens (tertiary/aromatic N) is 2. The van der Waals surface area contributed by atoms with Crippen molar-refractivity contribution < 1.29 is 4.42 Å². The van der Waals surface area contributed by atoms with Crippen molar-refractivity contribution >= 4 is 76.3 Å². The van der Waals surface area contributed by atoms with Crippen LogP contribution in [0.4, 0.5) is 0 Å². The third-order valence-corrected chi connectivity index (χ3v) is 11.5. The van der Waals surface area contributed by atoms with Gasteiger partial charge in [-0.3, -0.25) is 0 Å². The van der Waals surface area contributed by atoms with Crippen LogP contribution in [0, 0.1) is 0 Å². The molecule has 3 aromatic heterocycles. The zero-order chi connectivity index (χ0) is 36.0. The summed E-state index contributed by atoms with van der Waals surface area (Å²) in [4.78, 5) is 0. The first-order valence-electron chi connectivity index (χ1n) is 18.8. The van der Waals surface area contributed by atoms with Crippen molar-refractivity contribution in [1.29, 1.82) is 0 Å². The van der Waals surface area contributed by atoms with Gasteiger partial charge in [0, 0.05) is 49.1 Å². The van der Waals surface area contributed by atoms with Gasteiger partial charge in [0.1, 0.15) is 11.2 Å². The average molecular weight is 701 g/mol. The van der Waals surface area contributed by atoms with Gasteiger partial charge in [-0.25, -0.2) is 0 Å². The summed E-state index contributed by atoms with van der Waals surface area (Å²) in [5.74, 6) is 0. The van der Waals surface area contributed by atoms with Crippen LogP contribution in [0.3, 0.4) is 0 Å². The molecule has 0 unspecified atom stereocenters. The van der Waals surface area contributed by atoms with Crippen molar-refractivity contribution in [2.24, 2.45) is 0 Å². The minimum absolute atomic E-state index is 0.899. The topological polar surface area (TPSA) is 23.0 Å². The summed E-state index contributed by atoms with van der Waals surface area (Å²) in [6.45, 7) is 0. The molecule has 0 N–H and O–H groups in total. The smallest absolute Gasteiger partial charge is 0.135 e. The lowest BCUT2D eigenvalue weighted by atomic mass is 9.99. The highest BCUT2D eigenvalue weighted by Gasteiger charge is 2.19. The van der Waals surface area contributed by atoms with Crippen LogP contribution in [0.25, 0.3) is 110 Å². The van der Waals surface area contributed by atoms with Crippen molar-refractivity contribution in [3.63, 3.8) is 0 Å². The number of hydrogen-bond acceptors (Lipinski definition) is 1. The molecule has 3 heteroatoms. The van der Waals surface area contributed by atoms with E-state index in [0.29, 0.717) is 0 Å². The Kier molecular flexibility index (Phi) is 6.34. The molecule has 0 aliphatic heterocycles. The van der Waals surface area contributed by atoms with Gasteiger partial charge in [0.2, 0.25) is 0 Å². The molecule has 12 rings (SSSR count). The summed E-state index contributed by atoms with van der Waals surface area (Å²) in [5.41, 5.74) is 13.7. The molecule has 12 aromatic rings. The second kappa shape index (κ2) is 11.6. The van der Waals surface area contributed by atoms with Crippen molar-refractivity contribution in [1.82, 2.24) is 9.13 Å². The summed E-state index contributed by atoms with van der Waals surface area (Å²) in [7, 11) is 0. The molecule has 0 atom stereocenters. The Hall–Kier alpha value is -7.36. The lowest BCUT2D eigenvalue weighted by Gasteiger charge is -2.10. The Bertz CT molecular complexity index is 3470. The maximum Gasteiger partial charge on any atom is 0.135 e. The highest BCUT2D eigenvalue weighted by molar-refractivity contribution is 6.19. The monoisotopic (exact) mass is 700 g/mol. The van der Waals surface area contributed by atoms with Gasteiger partial charge in [-0.2, -0.15) is 0 Å². The fraction of sp³-hybridized carbons (Fsp3) is 0. The van der Waals surface area contributed by atoms with Crippen LogP contribution in [0.2, 0.25) is 0 Å². The van der Waals surface area contributed by atoms with Gasteiger partial charge >= 0.3 is 0 Å². The summed E-state index contributed by atoms with van der Waals surface area (Å²) in [6.07, 6.45) is 0. The molecule has 9 aromatic carbocycles. The standard InChI is InChI=1S/C52H32N2O/c1-3-11-33(12-4-1)35-20-25-47-44(29-35)45-31-37(21-26-48(45)53(47)39-23-28-51-46(32-39)41-17-9-10-18-50(41)55-51)36-22-27-49-43(30-36)42-24-19-34-13-7-8-16-40(34)52(42)54(49)38-14-5-2-6-15-38/h1-32H. The predicted molar refractivity (Wildman–Crippen MR) is 231 cm³/mol. The zero-order valence-corrected chi connectivity index (χ0v) is 29.8. The largest absolute Gasteiger partial charge is 0.456 e. The molecule has 0 spiro atoms. The quantitative estimate of drug-likeness (QED) is 0.179. The van der Waals surface area contributed by atoms with Crippen LogP contribution < -0.4 is 0 Å². The van der Waals surface area contributed by atoms with Gasteiger partial charge in [-0.15, -0.1) is 0 Å². The summed E-state index contributed by atoms with van der Waals surface area (Å²) < 4.78 is 11.1. The van der Waals surface area contributed by atoms with E-state index >= 15 is 0 Å². The van der Waals surface area contributed by atoms with Crippen LogP contribution in [0.15, 0.2) is 199 Å². The summed E-state index contributed by atoms with van der Waals surface area (Å²) >= 11 is 0. The van der Waals surface area contributed by atoms with Crippen molar-refractivity contribution in [3.8, 4) is 33.6 Å². The number of para-hydroxylation sites is 2. The molecule has 0 saturated carbocycles. The molecule has 0 amide bonds. The summed E-state index contributed by atoms with van der Waals surface area (Å²) in [5, 5.41) is 9.70. The normalized spacial score (nSPS) is 12.0. The highest BCUT2D eigenvalue weighted by Crippen LogP contribution is 2.41. The van der Waals surface area contributed by atoms with E-state index < -0.39 is 0 Å². The van der Waals surface area contributed by atoms with Crippen LogP contribution in [-0.4, -0.2) is 9.13 Å². The Balaban J connectivity index is 1.10. The molecule has 0 saturated heterocycles. The Morgan fingerprint density at radius 3 is 1.58 bits per heavy atom. The molecule has 0 radical (unpaired) electrons. The SMILES string of the molecule is c1ccc(-c2ccc3c(c2)c2cc(-c4ccc5c(c4)c4ccc6ccccc6c4n5-c4ccccc4)ccc2n3-c2ccc3oc4ccccc4c3c2)cc1. The Morgan fingerprint density at radius 1 is 0.291 bits per heavy atom. The zero-order valence-electron chi connectivity index (χ0n) is 29.8. The van der Waals surface area contributed by atoms with Crippen LogP contribution in [-0.2, 0) is 0 Å². The van der Waals surface area contributed by atoms with E-state index in [9.17, 15) is 0 Å². The molecular weight excluding hydrogens is 669 g/mol. The first-order valence-corrected chi connectivity index (χ1v) is 18.8. The van der Waals surface area contributed by atoms with E-state index in [0.717, 1.165) is 33.3 Å². The number of benzene rings is 9. The van der Waals surface area contributed by atoms with Crippen molar-refractivity contribution in [2.45, 2.75) is 0 Å². The minimum Gasteiger partial charge on any atom is -0.456 e. The number of fused-ring (bicyclic) bond motifs is 11. The second-order valence-electron chi connectivity index (χ2n) is 14.5. The van der Waals surface area contributed by atoms with Crippen LogP contribution in [0.5, 0.6) is 0 Å². The fourth-order valence-electron chi connectivity index (χ4n) is 8.95. The van der Waals surface area contributed by atoms with E-state index in [1.807, 2.05) is 12.1 Å². The maximum atomic E-state index is 6.22. The molecule has 0 bridgehead atoms. The molecule has 3 nitrogen and oxygen atoms in total. The fourth-order valence-corrected chi connectivity index (χ4v) is 8.95. The lowest BCUT2D eigenvalue weighted by molar-refractivity contribution is 0.669. The molecule has 0 aliphatic carbocycles. The molecular formula is C52H32N2O. The Labute approximate surface area is 316 Å². The van der Waals surface area contributed by atoms with Gasteiger partial charge < -0.3 is 13.6 Å². The number of rotatable bonds is 4. The van der Waals surface area contributed by atoms with E-state index in [-0.39, 0.29) is 0 Å². The molecule has 0 fully saturated rings. The van der Waals surface area contributed by atoms with E-state index in [1.54, 1.807) is 0 Å². The van der Waals surface area contributed by atoms with Gasteiger partial charge in [-0.1, -0.05) is 121 Å². The first-order chi connectivity index (χ1) is 27.3. The first kappa shape index (κ1) is 30.1. The van der Waals surface area contributed by atoms with E-state index in [1.165, 1.54) is 76.6 Å². The van der Waals surface area contributed by atoms with Crippen LogP contribution >= 0.6 is 0 Å². The third kappa shape index (κ3) is 4.50. The highest BCUT2D eigenvalue weighted by atomic mass is 16.3. The number of furan rings is 1. The number of aromatic nitrogens is 2. The molecule has 55 heavy (non-hydrogen) atoms. The van der Waals surface area contributed by atoms with Crippen molar-refractivity contribution in [2.75, 3.05) is 0 Å². The van der Waals surface area contributed by atoms with Crippen molar-refractivity contribution in [3.05, 3.63) is 194 Å². The average Bonchev–Trinajstić information content (AvgIpc) is 3.91. The van der Waals surface area contributed by atoms with E-state index in [2.05, 4.69) is 191 Å². The van der Waals surface area contributed by atoms with Gasteiger partial charge in [0.05, 0.1) is 22.1 Å². The molecule has 3 heterocycles. The minimum atomic E-state index is 0.899. The predicted octanol–water partition coefficient (Wildman–Crippen LogP) is 14.3. The van der Waals surface area contributed by atoms with Crippen LogP contribution in [0.1, 0.15) is 0 Å². The third-order valence-electron chi connectivity index (χ3n) is 11.5. The maximum absolute atomic E-state index is 6.22. The summed E-state index contributed by atoms with van der Waals surface area (Å²) in [6, 6.07) is 70.4. The lowest BCUT2D eigenvalue weighted by Crippen LogP contribution is -1.94.